The van der Waals surface area contributed by atoms with Gasteiger partial charge >= 0.3 is 6.03 Å². The van der Waals surface area contributed by atoms with Gasteiger partial charge < -0.3 is 16.5 Å². The van der Waals surface area contributed by atoms with Crippen LogP contribution in [0.4, 0.5) is 10.5 Å². The fourth-order valence-electron chi connectivity index (χ4n) is 1.50. The van der Waals surface area contributed by atoms with Gasteiger partial charge in [-0.05, 0) is 25.1 Å². The van der Waals surface area contributed by atoms with E-state index in [-0.39, 0.29) is 0 Å². The molecule has 0 spiro atoms. The molecule has 0 aliphatic heterocycles. The standard InChI is InChI=1S/C11H13N5O2S/c1-5(9(17)16-10(13)18)19-11-14-7-3-2-6(12)4-8(7)15-11/h2-5H,12H2,1H3,(H,14,15)(H3,13,16,17,18). The fraction of sp³-hybridized carbons (Fsp3) is 0.182. The molecule has 2 rings (SSSR count). The van der Waals surface area contributed by atoms with Crippen molar-refractivity contribution in [3.63, 3.8) is 0 Å². The Hall–Kier alpha value is -2.22. The molecule has 0 aliphatic rings. The Kier molecular flexibility index (Phi) is 3.61. The van der Waals surface area contributed by atoms with Gasteiger partial charge in [-0.1, -0.05) is 11.8 Å². The lowest BCUT2D eigenvalue weighted by atomic mass is 10.3. The number of amides is 3. The molecule has 1 atom stereocenters. The van der Waals surface area contributed by atoms with E-state index in [2.05, 4.69) is 9.97 Å². The normalized spacial score (nSPS) is 12.3. The fourth-order valence-corrected chi connectivity index (χ4v) is 2.32. The Morgan fingerprint density at radius 3 is 2.89 bits per heavy atom. The van der Waals surface area contributed by atoms with E-state index < -0.39 is 17.2 Å². The van der Waals surface area contributed by atoms with E-state index in [1.165, 1.54) is 11.8 Å². The summed E-state index contributed by atoms with van der Waals surface area (Å²) in [7, 11) is 0. The first-order valence-electron chi connectivity index (χ1n) is 5.48. The molecule has 7 nitrogen and oxygen atoms in total. The summed E-state index contributed by atoms with van der Waals surface area (Å²) in [5.41, 5.74) is 12.7. The Morgan fingerprint density at radius 2 is 2.21 bits per heavy atom. The smallest absolute Gasteiger partial charge is 0.318 e. The van der Waals surface area contributed by atoms with Crippen molar-refractivity contribution >= 4 is 40.4 Å². The van der Waals surface area contributed by atoms with Crippen LogP contribution in [0, 0.1) is 0 Å². The number of carbonyl (C=O) groups excluding carboxylic acids is 2. The molecule has 3 amide bonds. The average Bonchev–Trinajstić information content (AvgIpc) is 2.69. The van der Waals surface area contributed by atoms with E-state index in [4.69, 9.17) is 11.5 Å². The van der Waals surface area contributed by atoms with E-state index in [0.717, 1.165) is 11.0 Å². The van der Waals surface area contributed by atoms with Gasteiger partial charge in [-0.15, -0.1) is 0 Å². The van der Waals surface area contributed by atoms with E-state index in [1.54, 1.807) is 25.1 Å². The second kappa shape index (κ2) is 5.19. The average molecular weight is 279 g/mol. The number of thioether (sulfide) groups is 1. The molecule has 8 heteroatoms. The number of hydrogen-bond acceptors (Lipinski definition) is 5. The molecule has 0 fully saturated rings. The predicted octanol–water partition coefficient (Wildman–Crippen LogP) is 0.821. The van der Waals surface area contributed by atoms with Crippen molar-refractivity contribution < 1.29 is 9.59 Å². The summed E-state index contributed by atoms with van der Waals surface area (Å²) in [4.78, 5) is 29.5. The molecule has 1 aromatic heterocycles. The summed E-state index contributed by atoms with van der Waals surface area (Å²) in [6.07, 6.45) is 0. The third kappa shape index (κ3) is 3.16. The van der Waals surface area contributed by atoms with Gasteiger partial charge in [-0.25, -0.2) is 9.78 Å². The van der Waals surface area contributed by atoms with Crippen LogP contribution in [0.2, 0.25) is 0 Å². The largest absolute Gasteiger partial charge is 0.399 e. The quantitative estimate of drug-likeness (QED) is 0.488. The van der Waals surface area contributed by atoms with Crippen molar-refractivity contribution in [2.24, 2.45) is 5.73 Å². The molecule has 0 radical (unpaired) electrons. The van der Waals surface area contributed by atoms with Gasteiger partial charge in [0.15, 0.2) is 5.16 Å². The minimum absolute atomic E-state index is 0.461. The molecule has 0 bridgehead atoms. The first-order chi connectivity index (χ1) is 8.95. The number of nitrogens with two attached hydrogens (primary N) is 2. The van der Waals surface area contributed by atoms with Crippen LogP contribution in [0.25, 0.3) is 11.0 Å². The summed E-state index contributed by atoms with van der Waals surface area (Å²) in [5, 5.41) is 2.10. The van der Waals surface area contributed by atoms with Crippen LogP contribution in [0.15, 0.2) is 23.4 Å². The minimum atomic E-state index is -0.866. The number of H-pyrrole nitrogens is 1. The highest BCUT2D eigenvalue weighted by molar-refractivity contribution is 8.00. The van der Waals surface area contributed by atoms with Crippen molar-refractivity contribution in [2.75, 3.05) is 5.73 Å². The number of urea groups is 1. The van der Waals surface area contributed by atoms with Crippen LogP contribution in [0.3, 0.4) is 0 Å². The first kappa shape index (κ1) is 13.2. The van der Waals surface area contributed by atoms with Crippen molar-refractivity contribution in [3.8, 4) is 0 Å². The number of rotatable bonds is 3. The zero-order valence-electron chi connectivity index (χ0n) is 10.1. The van der Waals surface area contributed by atoms with E-state index in [9.17, 15) is 9.59 Å². The summed E-state index contributed by atoms with van der Waals surface area (Å²) in [5.74, 6) is -0.461. The van der Waals surface area contributed by atoms with Gasteiger partial charge in [0.1, 0.15) is 0 Å². The van der Waals surface area contributed by atoms with Gasteiger partial charge in [0, 0.05) is 5.69 Å². The van der Waals surface area contributed by atoms with Crippen LogP contribution in [0.1, 0.15) is 6.92 Å². The highest BCUT2D eigenvalue weighted by Crippen LogP contribution is 2.24. The van der Waals surface area contributed by atoms with Gasteiger partial charge in [-0.3, -0.25) is 10.1 Å². The Labute approximate surface area is 113 Å². The molecular weight excluding hydrogens is 266 g/mol. The maximum Gasteiger partial charge on any atom is 0.318 e. The molecule has 0 aliphatic carbocycles. The van der Waals surface area contributed by atoms with Crippen LogP contribution in [-0.4, -0.2) is 27.2 Å². The summed E-state index contributed by atoms with van der Waals surface area (Å²) in [6.45, 7) is 1.66. The monoisotopic (exact) mass is 279 g/mol. The van der Waals surface area contributed by atoms with E-state index in [0.29, 0.717) is 10.8 Å². The number of anilines is 1. The number of benzene rings is 1. The number of aromatic amines is 1. The van der Waals surface area contributed by atoms with Crippen molar-refractivity contribution in [1.82, 2.24) is 15.3 Å². The number of aromatic nitrogens is 2. The van der Waals surface area contributed by atoms with Crippen molar-refractivity contribution in [2.45, 2.75) is 17.3 Å². The van der Waals surface area contributed by atoms with Gasteiger partial charge in [0.05, 0.1) is 16.3 Å². The van der Waals surface area contributed by atoms with Gasteiger partial charge in [-0.2, -0.15) is 0 Å². The molecule has 0 saturated carbocycles. The molecule has 100 valence electrons. The first-order valence-corrected chi connectivity index (χ1v) is 6.36. The van der Waals surface area contributed by atoms with Crippen molar-refractivity contribution in [3.05, 3.63) is 18.2 Å². The van der Waals surface area contributed by atoms with Gasteiger partial charge in [0.2, 0.25) is 5.91 Å². The second-order valence-corrected chi connectivity index (χ2v) is 5.26. The van der Waals surface area contributed by atoms with Crippen LogP contribution < -0.4 is 16.8 Å². The number of carbonyl (C=O) groups is 2. The Bertz CT molecular complexity index is 639. The molecule has 19 heavy (non-hydrogen) atoms. The number of nitrogens with zero attached hydrogens (tertiary/aromatic N) is 1. The molecule has 1 unspecified atom stereocenters. The number of hydrogen-bond donors (Lipinski definition) is 4. The third-order valence-corrected chi connectivity index (χ3v) is 3.37. The number of nitrogen functional groups attached to an aromatic ring is 1. The highest BCUT2D eigenvalue weighted by Gasteiger charge is 2.17. The maximum absolute atomic E-state index is 11.5. The topological polar surface area (TPSA) is 127 Å². The Balaban J connectivity index is 2.12. The number of imide groups is 1. The lowest BCUT2D eigenvalue weighted by Gasteiger charge is -2.07. The highest BCUT2D eigenvalue weighted by atomic mass is 32.2. The SMILES string of the molecule is CC(Sc1nc2ccc(N)cc2[nH]1)C(=O)NC(N)=O. The van der Waals surface area contributed by atoms with Crippen LogP contribution >= 0.6 is 11.8 Å². The number of fused-ring (bicyclic) bond motifs is 1. The number of nitrogens with one attached hydrogen (secondary N) is 2. The third-order valence-electron chi connectivity index (χ3n) is 2.39. The van der Waals surface area contributed by atoms with Crippen molar-refractivity contribution in [1.29, 1.82) is 0 Å². The van der Waals surface area contributed by atoms with E-state index in [1.807, 2.05) is 5.32 Å². The lowest BCUT2D eigenvalue weighted by Crippen LogP contribution is -2.39. The molecule has 2 aromatic rings. The van der Waals surface area contributed by atoms with Gasteiger partial charge in [0.25, 0.3) is 0 Å². The summed E-state index contributed by atoms with van der Waals surface area (Å²) < 4.78 is 0. The zero-order chi connectivity index (χ0) is 14.0. The number of primary amides is 1. The molecule has 6 N–H and O–H groups in total. The minimum Gasteiger partial charge on any atom is -0.399 e. The molecule has 1 heterocycles. The summed E-state index contributed by atoms with van der Waals surface area (Å²) in [6, 6.07) is 4.44. The lowest BCUT2D eigenvalue weighted by molar-refractivity contribution is -0.119. The summed E-state index contributed by atoms with van der Waals surface area (Å²) >= 11 is 1.20. The number of imidazole rings is 1. The Morgan fingerprint density at radius 1 is 1.47 bits per heavy atom. The maximum atomic E-state index is 11.5. The van der Waals surface area contributed by atoms with Crippen LogP contribution in [-0.2, 0) is 4.79 Å². The zero-order valence-corrected chi connectivity index (χ0v) is 11.0. The second-order valence-electron chi connectivity index (χ2n) is 3.93. The predicted molar refractivity (Wildman–Crippen MR) is 73.6 cm³/mol. The van der Waals surface area contributed by atoms with E-state index >= 15 is 0 Å². The molecular formula is C11H13N5O2S. The molecule has 0 saturated heterocycles. The van der Waals surface area contributed by atoms with Crippen LogP contribution in [0.5, 0.6) is 0 Å². The molecule has 1 aromatic carbocycles.